The summed E-state index contributed by atoms with van der Waals surface area (Å²) in [5.41, 5.74) is 9.32. The number of ether oxygens (including phenoxy) is 2. The molecule has 0 spiro atoms. The van der Waals surface area contributed by atoms with Crippen molar-refractivity contribution in [1.29, 1.82) is 0 Å². The fraction of sp³-hybridized carbons (Fsp3) is 0.690. The summed E-state index contributed by atoms with van der Waals surface area (Å²) in [5, 5.41) is 13.4. The van der Waals surface area contributed by atoms with E-state index >= 15 is 0 Å². The van der Waals surface area contributed by atoms with Gasteiger partial charge >= 0.3 is 6.18 Å². The van der Waals surface area contributed by atoms with E-state index in [0.717, 1.165) is 50.7 Å². The molecule has 4 atom stereocenters. The summed E-state index contributed by atoms with van der Waals surface area (Å²) in [4.78, 5) is 13.7. The number of hydrogen-bond acceptors (Lipinski definition) is 8. The van der Waals surface area contributed by atoms with Crippen LogP contribution in [0.3, 0.4) is 0 Å². The first kappa shape index (κ1) is 29.0. The van der Waals surface area contributed by atoms with Gasteiger partial charge in [0.15, 0.2) is 0 Å². The second kappa shape index (κ2) is 12.6. The normalized spacial score (nSPS) is 28.6. The Kier molecular flexibility index (Phi) is 9.11. The molecule has 3 aliphatic rings. The number of nitrogens with one attached hydrogen (secondary N) is 1. The van der Waals surface area contributed by atoms with Crippen molar-refractivity contribution in [3.8, 4) is 5.88 Å². The molecule has 0 bridgehead atoms. The monoisotopic (exact) mass is 563 g/mol. The van der Waals surface area contributed by atoms with Gasteiger partial charge in [-0.3, -0.25) is 0 Å². The standard InChI is InChI=1S/C29H40F3N5O3/c1-17(14-29(30,31)32)36-28-35-16-25-26(37-28)24(19-5-7-21(38)8-6-19)15-34-27(25)40-23-9-4-18(11-20(33)13-23)12-22-3-2-10-39-22/h4,15-17,19-23,38H,2-3,5-14,33H2,1H3,(H,35,36,37)/t17-,19-,20+,21-,22+,23-/m0/s1. The molecule has 0 amide bonds. The van der Waals surface area contributed by atoms with Crippen molar-refractivity contribution >= 4 is 16.9 Å². The molecule has 0 radical (unpaired) electrons. The van der Waals surface area contributed by atoms with Crippen LogP contribution >= 0.6 is 0 Å². The zero-order valence-corrected chi connectivity index (χ0v) is 23.0. The molecule has 1 aliphatic heterocycles. The third-order valence-electron chi connectivity index (χ3n) is 8.21. The number of aromatic nitrogens is 3. The third kappa shape index (κ3) is 7.61. The van der Waals surface area contributed by atoms with Crippen molar-refractivity contribution in [2.45, 2.75) is 120 Å². The molecule has 220 valence electrons. The topological polar surface area (TPSA) is 115 Å². The Bertz CT molecular complexity index is 1180. The van der Waals surface area contributed by atoms with Crippen molar-refractivity contribution in [3.05, 3.63) is 29.6 Å². The summed E-state index contributed by atoms with van der Waals surface area (Å²) in [7, 11) is 0. The molecule has 1 saturated carbocycles. The smallest absolute Gasteiger partial charge is 0.391 e. The van der Waals surface area contributed by atoms with Crippen LogP contribution in [-0.2, 0) is 4.74 Å². The van der Waals surface area contributed by atoms with Gasteiger partial charge in [-0.1, -0.05) is 11.6 Å². The summed E-state index contributed by atoms with van der Waals surface area (Å²) in [6.07, 6.45) is 8.31. The highest BCUT2D eigenvalue weighted by molar-refractivity contribution is 5.86. The lowest BCUT2D eigenvalue weighted by Gasteiger charge is -2.27. The minimum absolute atomic E-state index is 0.0403. The fourth-order valence-corrected chi connectivity index (χ4v) is 6.24. The molecule has 5 rings (SSSR count). The summed E-state index contributed by atoms with van der Waals surface area (Å²) in [6.45, 7) is 2.29. The van der Waals surface area contributed by atoms with Crippen molar-refractivity contribution in [1.82, 2.24) is 15.0 Å². The second-order valence-corrected chi connectivity index (χ2v) is 11.7. The van der Waals surface area contributed by atoms with Crippen molar-refractivity contribution < 1.29 is 27.8 Å². The predicted molar refractivity (Wildman–Crippen MR) is 146 cm³/mol. The maximum atomic E-state index is 12.9. The van der Waals surface area contributed by atoms with Crippen molar-refractivity contribution in [2.24, 2.45) is 5.73 Å². The van der Waals surface area contributed by atoms with Gasteiger partial charge in [-0.2, -0.15) is 13.2 Å². The molecule has 8 nitrogen and oxygen atoms in total. The van der Waals surface area contributed by atoms with Gasteiger partial charge in [-0.05, 0) is 64.2 Å². The number of anilines is 1. The van der Waals surface area contributed by atoms with Crippen molar-refractivity contribution in [3.63, 3.8) is 0 Å². The SMILES string of the molecule is C[C@@H](CC(F)(F)F)Nc1ncc2c(O[C@H]3CC=C(C[C@H]4CCCO4)C[C@@H](N)C3)ncc([C@H]3CC[C@H](O)CC3)c2n1. The van der Waals surface area contributed by atoms with Crippen LogP contribution in [0.4, 0.5) is 19.1 Å². The van der Waals surface area contributed by atoms with Gasteiger partial charge in [0.05, 0.1) is 29.5 Å². The number of pyridine rings is 1. The summed E-state index contributed by atoms with van der Waals surface area (Å²) in [5.74, 6) is 0.673. The van der Waals surface area contributed by atoms with Gasteiger partial charge < -0.3 is 25.6 Å². The lowest BCUT2D eigenvalue weighted by molar-refractivity contribution is -0.136. The van der Waals surface area contributed by atoms with Crippen LogP contribution in [0.1, 0.15) is 89.0 Å². The quantitative estimate of drug-likeness (QED) is 0.358. The van der Waals surface area contributed by atoms with E-state index in [4.69, 9.17) is 15.2 Å². The Morgan fingerprint density at radius 2 is 1.98 bits per heavy atom. The average molecular weight is 564 g/mol. The van der Waals surface area contributed by atoms with Gasteiger partial charge in [-0.25, -0.2) is 15.0 Å². The maximum absolute atomic E-state index is 12.9. The number of rotatable bonds is 8. The van der Waals surface area contributed by atoms with Gasteiger partial charge in [0.25, 0.3) is 0 Å². The second-order valence-electron chi connectivity index (χ2n) is 11.7. The van der Waals surface area contributed by atoms with E-state index < -0.39 is 18.6 Å². The summed E-state index contributed by atoms with van der Waals surface area (Å²) >= 11 is 0. The van der Waals surface area contributed by atoms with E-state index in [2.05, 4.69) is 26.3 Å². The number of hydrogen-bond donors (Lipinski definition) is 3. The predicted octanol–water partition coefficient (Wildman–Crippen LogP) is 5.55. The first-order valence-electron chi connectivity index (χ1n) is 14.5. The lowest BCUT2D eigenvalue weighted by Crippen LogP contribution is -2.28. The van der Waals surface area contributed by atoms with E-state index in [-0.39, 0.29) is 36.2 Å². The molecule has 11 heteroatoms. The molecule has 2 aromatic heterocycles. The fourth-order valence-electron chi connectivity index (χ4n) is 6.24. The number of fused-ring (bicyclic) bond motifs is 1. The highest BCUT2D eigenvalue weighted by atomic mass is 19.4. The molecule has 0 unspecified atom stereocenters. The maximum Gasteiger partial charge on any atom is 0.391 e. The lowest BCUT2D eigenvalue weighted by atomic mass is 9.83. The molecule has 2 fully saturated rings. The van der Waals surface area contributed by atoms with E-state index in [1.165, 1.54) is 12.5 Å². The minimum atomic E-state index is -4.29. The van der Waals surface area contributed by atoms with Gasteiger partial charge in [0.1, 0.15) is 6.10 Å². The average Bonchev–Trinajstić information content (AvgIpc) is 3.33. The van der Waals surface area contributed by atoms with Gasteiger partial charge in [-0.15, -0.1) is 0 Å². The molecule has 0 aromatic carbocycles. The zero-order valence-electron chi connectivity index (χ0n) is 23.0. The number of halogens is 3. The Labute approximate surface area is 233 Å². The molecular weight excluding hydrogens is 523 g/mol. The van der Waals surface area contributed by atoms with Gasteiger partial charge in [0, 0.05) is 49.5 Å². The molecule has 4 N–H and O–H groups in total. The first-order chi connectivity index (χ1) is 19.1. The summed E-state index contributed by atoms with van der Waals surface area (Å²) in [6, 6.07) is -0.923. The number of nitrogens with two attached hydrogens (primary N) is 1. The van der Waals surface area contributed by atoms with Crippen LogP contribution < -0.4 is 15.8 Å². The highest BCUT2D eigenvalue weighted by Crippen LogP contribution is 2.38. The van der Waals surface area contributed by atoms with Crippen LogP contribution in [-0.4, -0.2) is 63.2 Å². The summed E-state index contributed by atoms with van der Waals surface area (Å²) < 4.78 is 51.0. The van der Waals surface area contributed by atoms with Crippen LogP contribution in [0.25, 0.3) is 10.9 Å². The van der Waals surface area contributed by atoms with Crippen LogP contribution in [0.15, 0.2) is 24.0 Å². The Balaban J connectivity index is 1.39. The molecular formula is C29H40F3N5O3. The zero-order chi connectivity index (χ0) is 28.3. The number of aliphatic hydroxyl groups excluding tert-OH is 1. The van der Waals surface area contributed by atoms with E-state index in [9.17, 15) is 18.3 Å². The molecule has 2 aromatic rings. The molecule has 3 heterocycles. The minimum Gasteiger partial charge on any atom is -0.473 e. The molecule has 1 saturated heterocycles. The highest BCUT2D eigenvalue weighted by Gasteiger charge is 2.31. The number of nitrogens with zero attached hydrogens (tertiary/aromatic N) is 3. The Morgan fingerprint density at radius 3 is 2.70 bits per heavy atom. The largest absolute Gasteiger partial charge is 0.473 e. The van der Waals surface area contributed by atoms with Crippen LogP contribution in [0.5, 0.6) is 5.88 Å². The van der Waals surface area contributed by atoms with Gasteiger partial charge in [0.2, 0.25) is 11.8 Å². The van der Waals surface area contributed by atoms with E-state index in [1.54, 1.807) is 12.4 Å². The molecule has 2 aliphatic carbocycles. The van der Waals surface area contributed by atoms with Crippen LogP contribution in [0, 0.1) is 0 Å². The van der Waals surface area contributed by atoms with Crippen LogP contribution in [0.2, 0.25) is 0 Å². The third-order valence-corrected chi connectivity index (χ3v) is 8.21. The number of alkyl halides is 3. The van der Waals surface area contributed by atoms with E-state index in [1.807, 2.05) is 0 Å². The molecule has 40 heavy (non-hydrogen) atoms. The van der Waals surface area contributed by atoms with E-state index in [0.29, 0.717) is 42.5 Å². The Morgan fingerprint density at radius 1 is 1.18 bits per heavy atom. The first-order valence-corrected chi connectivity index (χ1v) is 14.5. The van der Waals surface area contributed by atoms with Crippen molar-refractivity contribution in [2.75, 3.05) is 11.9 Å². The Hall–Kier alpha value is -2.50. The number of aliphatic hydroxyl groups is 1.